The van der Waals surface area contributed by atoms with Crippen molar-refractivity contribution in [3.05, 3.63) is 34.6 Å². The molecule has 0 radical (unpaired) electrons. The van der Waals surface area contributed by atoms with Crippen LogP contribution in [0.25, 0.3) is 10.9 Å². The Kier molecular flexibility index (Phi) is 3.39. The smallest absolute Gasteiger partial charge is 0.149 e. The first kappa shape index (κ1) is 11.3. The van der Waals surface area contributed by atoms with Crippen LogP contribution in [0.1, 0.15) is 13.3 Å². The van der Waals surface area contributed by atoms with Crippen LogP contribution in [0.3, 0.4) is 0 Å². The molecule has 2 rings (SSSR count). The molecule has 1 N–H and O–H groups in total. The Bertz CT molecular complexity index is 514. The maximum Gasteiger partial charge on any atom is 0.149 e. The summed E-state index contributed by atoms with van der Waals surface area (Å²) in [6.07, 6.45) is 1.01. The van der Waals surface area contributed by atoms with E-state index in [9.17, 15) is 4.39 Å². The number of aromatic nitrogens is 1. The van der Waals surface area contributed by atoms with Crippen molar-refractivity contribution in [1.82, 2.24) is 4.98 Å². The lowest BCUT2D eigenvalue weighted by molar-refractivity contribution is 0.636. The third kappa shape index (κ3) is 2.16. The minimum atomic E-state index is -0.293. The predicted octanol–water partition coefficient (Wildman–Crippen LogP) is 3.96. The van der Waals surface area contributed by atoms with Gasteiger partial charge in [0.1, 0.15) is 17.2 Å². The average Bonchev–Trinajstić information content (AvgIpc) is 2.31. The number of rotatable bonds is 3. The first-order valence-electron chi connectivity index (χ1n) is 5.21. The standard InChI is InChI=1S/C12H12BrFN2/c1-2-7-15-11-6-3-8-9(13)4-5-10(14)12(8)16-11/h3-6H,2,7H2,1H3,(H,15,16). The number of pyridine rings is 1. The molecule has 16 heavy (non-hydrogen) atoms. The van der Waals surface area contributed by atoms with Gasteiger partial charge in [-0.25, -0.2) is 9.37 Å². The maximum atomic E-state index is 13.6. The normalized spacial score (nSPS) is 10.7. The molecule has 0 aliphatic carbocycles. The summed E-state index contributed by atoms with van der Waals surface area (Å²) >= 11 is 3.38. The molecule has 2 aromatic rings. The first-order chi connectivity index (χ1) is 7.72. The Morgan fingerprint density at radius 1 is 1.31 bits per heavy atom. The van der Waals surface area contributed by atoms with E-state index in [1.54, 1.807) is 6.07 Å². The fourth-order valence-corrected chi connectivity index (χ4v) is 1.95. The summed E-state index contributed by atoms with van der Waals surface area (Å²) in [5.41, 5.74) is 0.399. The third-order valence-corrected chi connectivity index (χ3v) is 3.00. The number of fused-ring (bicyclic) bond motifs is 1. The highest BCUT2D eigenvalue weighted by Gasteiger charge is 2.06. The zero-order valence-electron chi connectivity index (χ0n) is 8.93. The molecule has 2 nitrogen and oxygen atoms in total. The van der Waals surface area contributed by atoms with Crippen LogP contribution in [0.5, 0.6) is 0 Å². The zero-order valence-corrected chi connectivity index (χ0v) is 10.5. The van der Waals surface area contributed by atoms with Gasteiger partial charge in [-0.05, 0) is 30.7 Å². The van der Waals surface area contributed by atoms with Gasteiger partial charge in [-0.15, -0.1) is 0 Å². The molecule has 0 saturated carbocycles. The van der Waals surface area contributed by atoms with Crippen molar-refractivity contribution in [2.75, 3.05) is 11.9 Å². The van der Waals surface area contributed by atoms with Gasteiger partial charge in [-0.1, -0.05) is 22.9 Å². The van der Waals surface area contributed by atoms with Crippen molar-refractivity contribution in [2.45, 2.75) is 13.3 Å². The predicted molar refractivity (Wildman–Crippen MR) is 68.2 cm³/mol. The Balaban J connectivity index is 2.48. The monoisotopic (exact) mass is 282 g/mol. The molecular weight excluding hydrogens is 271 g/mol. The molecule has 1 aromatic carbocycles. The van der Waals surface area contributed by atoms with Gasteiger partial charge in [0.05, 0.1) is 0 Å². The second-order valence-corrected chi connectivity index (χ2v) is 4.40. The summed E-state index contributed by atoms with van der Waals surface area (Å²) in [5.74, 6) is 0.421. The van der Waals surface area contributed by atoms with E-state index < -0.39 is 0 Å². The Morgan fingerprint density at radius 3 is 2.88 bits per heavy atom. The second kappa shape index (κ2) is 4.78. The molecule has 0 unspecified atom stereocenters. The summed E-state index contributed by atoms with van der Waals surface area (Å²) < 4.78 is 14.4. The lowest BCUT2D eigenvalue weighted by Gasteiger charge is -2.06. The number of nitrogens with one attached hydrogen (secondary N) is 1. The van der Waals surface area contributed by atoms with E-state index in [1.165, 1.54) is 6.07 Å². The van der Waals surface area contributed by atoms with Crippen LogP contribution in [0.4, 0.5) is 10.2 Å². The third-order valence-electron chi connectivity index (χ3n) is 2.31. The SMILES string of the molecule is CCCNc1ccc2c(Br)ccc(F)c2n1. The summed E-state index contributed by atoms with van der Waals surface area (Å²) in [4.78, 5) is 4.26. The topological polar surface area (TPSA) is 24.9 Å². The fourth-order valence-electron chi connectivity index (χ4n) is 1.50. The summed E-state index contributed by atoms with van der Waals surface area (Å²) in [6, 6.07) is 6.84. The van der Waals surface area contributed by atoms with Crippen LogP contribution in [-0.2, 0) is 0 Å². The highest BCUT2D eigenvalue weighted by molar-refractivity contribution is 9.10. The lowest BCUT2D eigenvalue weighted by Crippen LogP contribution is -2.02. The number of hydrogen-bond acceptors (Lipinski definition) is 2. The highest BCUT2D eigenvalue weighted by atomic mass is 79.9. The number of halogens is 2. The minimum absolute atomic E-state index is 0.293. The summed E-state index contributed by atoms with van der Waals surface area (Å²) in [6.45, 7) is 2.92. The van der Waals surface area contributed by atoms with Crippen LogP contribution >= 0.6 is 15.9 Å². The van der Waals surface area contributed by atoms with E-state index in [1.807, 2.05) is 12.1 Å². The Hall–Kier alpha value is -1.16. The highest BCUT2D eigenvalue weighted by Crippen LogP contribution is 2.26. The molecule has 0 saturated heterocycles. The number of benzene rings is 1. The van der Waals surface area contributed by atoms with Gasteiger partial charge >= 0.3 is 0 Å². The van der Waals surface area contributed by atoms with Crippen LogP contribution in [0, 0.1) is 5.82 Å². The van der Waals surface area contributed by atoms with E-state index >= 15 is 0 Å². The van der Waals surface area contributed by atoms with Crippen LogP contribution in [0.15, 0.2) is 28.7 Å². The Morgan fingerprint density at radius 2 is 2.12 bits per heavy atom. The molecule has 0 fully saturated rings. The van der Waals surface area contributed by atoms with Crippen LogP contribution in [-0.4, -0.2) is 11.5 Å². The van der Waals surface area contributed by atoms with E-state index in [4.69, 9.17) is 0 Å². The zero-order chi connectivity index (χ0) is 11.5. The average molecular weight is 283 g/mol. The molecule has 0 bridgehead atoms. The number of anilines is 1. The number of nitrogens with zero attached hydrogens (tertiary/aromatic N) is 1. The molecule has 1 heterocycles. The van der Waals surface area contributed by atoms with Gasteiger partial charge in [-0.3, -0.25) is 0 Å². The van der Waals surface area contributed by atoms with E-state index in [2.05, 4.69) is 33.2 Å². The fraction of sp³-hybridized carbons (Fsp3) is 0.250. The molecule has 0 spiro atoms. The van der Waals surface area contributed by atoms with Gasteiger partial charge in [-0.2, -0.15) is 0 Å². The largest absolute Gasteiger partial charge is 0.370 e. The number of hydrogen-bond donors (Lipinski definition) is 1. The molecule has 84 valence electrons. The molecule has 4 heteroatoms. The Labute approximate surface area is 102 Å². The van der Waals surface area contributed by atoms with E-state index in [0.29, 0.717) is 11.3 Å². The van der Waals surface area contributed by atoms with Gasteiger partial charge in [0, 0.05) is 16.4 Å². The van der Waals surface area contributed by atoms with Crippen molar-refractivity contribution < 1.29 is 4.39 Å². The molecule has 0 aliphatic heterocycles. The molecular formula is C12H12BrFN2. The van der Waals surface area contributed by atoms with Crippen molar-refractivity contribution in [2.24, 2.45) is 0 Å². The van der Waals surface area contributed by atoms with Crippen molar-refractivity contribution in [3.8, 4) is 0 Å². The van der Waals surface area contributed by atoms with E-state index in [-0.39, 0.29) is 5.82 Å². The molecule has 0 atom stereocenters. The molecule has 1 aromatic heterocycles. The molecule has 0 amide bonds. The van der Waals surface area contributed by atoms with Gasteiger partial charge in [0.25, 0.3) is 0 Å². The van der Waals surface area contributed by atoms with Gasteiger partial charge in [0.15, 0.2) is 0 Å². The van der Waals surface area contributed by atoms with Gasteiger partial charge in [0.2, 0.25) is 0 Å². The second-order valence-electron chi connectivity index (χ2n) is 3.55. The maximum absolute atomic E-state index is 13.6. The van der Waals surface area contributed by atoms with Crippen molar-refractivity contribution in [1.29, 1.82) is 0 Å². The van der Waals surface area contributed by atoms with E-state index in [0.717, 1.165) is 22.8 Å². The molecule has 0 aliphatic rings. The van der Waals surface area contributed by atoms with Gasteiger partial charge < -0.3 is 5.32 Å². The van der Waals surface area contributed by atoms with Crippen molar-refractivity contribution >= 4 is 32.7 Å². The van der Waals surface area contributed by atoms with Crippen LogP contribution < -0.4 is 5.32 Å². The van der Waals surface area contributed by atoms with Crippen molar-refractivity contribution in [3.63, 3.8) is 0 Å². The van der Waals surface area contributed by atoms with Crippen LogP contribution in [0.2, 0.25) is 0 Å². The summed E-state index contributed by atoms with van der Waals surface area (Å²) in [5, 5.41) is 3.93. The quantitative estimate of drug-likeness (QED) is 0.922. The summed E-state index contributed by atoms with van der Waals surface area (Å²) in [7, 11) is 0. The first-order valence-corrected chi connectivity index (χ1v) is 6.00. The minimum Gasteiger partial charge on any atom is -0.370 e. The lowest BCUT2D eigenvalue weighted by atomic mass is 10.2.